The fourth-order valence-corrected chi connectivity index (χ4v) is 4.61. The molecule has 0 aromatic heterocycles. The van der Waals surface area contributed by atoms with Crippen molar-refractivity contribution >= 4 is 34.6 Å². The minimum Gasteiger partial charge on any atom is -0.490 e. The SMILES string of the molecule is CCOc1cc2c(cc1OCC)C(C(=Nc1ccc(N(CC(C)NC)C(C)=O)cc1)c1ccccc1)C(=O)N2. The molecule has 2 unspecified atom stereocenters. The van der Waals surface area contributed by atoms with Crippen LogP contribution in [-0.2, 0) is 9.59 Å². The minimum atomic E-state index is -0.637. The van der Waals surface area contributed by atoms with Gasteiger partial charge in [-0.25, -0.2) is 0 Å². The van der Waals surface area contributed by atoms with Gasteiger partial charge in [-0.05, 0) is 69.3 Å². The van der Waals surface area contributed by atoms with Crippen LogP contribution in [0.1, 0.15) is 44.7 Å². The molecule has 0 saturated heterocycles. The number of amides is 2. The van der Waals surface area contributed by atoms with Gasteiger partial charge in [0.05, 0.1) is 24.6 Å². The standard InChI is InChI=1S/C31H36N4O4/c1-6-38-27-17-25-26(18-28(27)39-7-2)34-31(37)29(25)30(22-11-9-8-10-12-22)33-23-13-15-24(16-14-23)35(21(4)36)19-20(3)32-5/h8-18,20,29,32H,6-7,19H2,1-5H3,(H,34,37). The summed E-state index contributed by atoms with van der Waals surface area (Å²) >= 11 is 0. The molecular formula is C31H36N4O4. The third-order valence-corrected chi connectivity index (χ3v) is 6.63. The van der Waals surface area contributed by atoms with E-state index in [-0.39, 0.29) is 17.9 Å². The summed E-state index contributed by atoms with van der Waals surface area (Å²) in [6.07, 6.45) is 0. The van der Waals surface area contributed by atoms with Crippen LogP contribution in [0.5, 0.6) is 11.5 Å². The molecule has 2 atom stereocenters. The first-order valence-electron chi connectivity index (χ1n) is 13.3. The van der Waals surface area contributed by atoms with Crippen molar-refractivity contribution in [1.82, 2.24) is 5.32 Å². The number of carbonyl (C=O) groups excluding carboxylic acids is 2. The van der Waals surface area contributed by atoms with Crippen LogP contribution in [0.25, 0.3) is 0 Å². The van der Waals surface area contributed by atoms with Crippen LogP contribution in [0.15, 0.2) is 71.7 Å². The van der Waals surface area contributed by atoms with Crippen LogP contribution in [0, 0.1) is 0 Å². The van der Waals surface area contributed by atoms with E-state index in [4.69, 9.17) is 14.5 Å². The third kappa shape index (κ3) is 6.29. The van der Waals surface area contributed by atoms with E-state index in [0.29, 0.717) is 48.3 Å². The molecular weight excluding hydrogens is 492 g/mol. The zero-order chi connectivity index (χ0) is 27.9. The lowest BCUT2D eigenvalue weighted by molar-refractivity contribution is -0.117. The maximum Gasteiger partial charge on any atom is 0.238 e. The minimum absolute atomic E-state index is 0.0333. The molecule has 0 radical (unpaired) electrons. The Kier molecular flexibility index (Phi) is 8.99. The Morgan fingerprint density at radius 1 is 1.03 bits per heavy atom. The lowest BCUT2D eigenvalue weighted by atomic mass is 9.90. The van der Waals surface area contributed by atoms with Gasteiger partial charge in [-0.3, -0.25) is 14.6 Å². The van der Waals surface area contributed by atoms with E-state index in [9.17, 15) is 9.59 Å². The highest BCUT2D eigenvalue weighted by Gasteiger charge is 2.37. The number of anilines is 2. The predicted octanol–water partition coefficient (Wildman–Crippen LogP) is 5.30. The summed E-state index contributed by atoms with van der Waals surface area (Å²) in [5, 5.41) is 6.18. The third-order valence-electron chi connectivity index (χ3n) is 6.63. The van der Waals surface area contributed by atoms with Crippen molar-refractivity contribution in [1.29, 1.82) is 0 Å². The number of nitrogens with one attached hydrogen (secondary N) is 2. The average Bonchev–Trinajstić information content (AvgIpc) is 3.25. The van der Waals surface area contributed by atoms with Crippen LogP contribution in [-0.4, -0.2) is 50.4 Å². The highest BCUT2D eigenvalue weighted by molar-refractivity contribution is 6.24. The van der Waals surface area contributed by atoms with Gasteiger partial charge in [0, 0.05) is 37.0 Å². The predicted molar refractivity (Wildman–Crippen MR) is 156 cm³/mol. The molecule has 204 valence electrons. The number of hydrogen-bond donors (Lipinski definition) is 2. The van der Waals surface area contributed by atoms with Gasteiger partial charge in [-0.2, -0.15) is 0 Å². The summed E-state index contributed by atoms with van der Waals surface area (Å²) in [6, 6.07) is 21.0. The number of aliphatic imine (C=N–C) groups is 1. The van der Waals surface area contributed by atoms with Gasteiger partial charge in [0.1, 0.15) is 5.92 Å². The molecule has 3 aromatic carbocycles. The second-order valence-corrected chi connectivity index (χ2v) is 9.37. The van der Waals surface area contributed by atoms with E-state index in [1.54, 1.807) is 11.8 Å². The molecule has 0 spiro atoms. The monoisotopic (exact) mass is 528 g/mol. The fourth-order valence-electron chi connectivity index (χ4n) is 4.61. The van der Waals surface area contributed by atoms with Crippen molar-refractivity contribution in [3.05, 3.63) is 77.9 Å². The van der Waals surface area contributed by atoms with Crippen molar-refractivity contribution in [2.75, 3.05) is 37.0 Å². The molecule has 0 fully saturated rings. The first-order valence-corrected chi connectivity index (χ1v) is 13.3. The summed E-state index contributed by atoms with van der Waals surface area (Å²) in [5.74, 6) is 0.354. The number of fused-ring (bicyclic) bond motifs is 1. The molecule has 1 aliphatic heterocycles. The van der Waals surface area contributed by atoms with Gasteiger partial charge in [0.15, 0.2) is 11.5 Å². The van der Waals surface area contributed by atoms with Gasteiger partial charge >= 0.3 is 0 Å². The molecule has 8 nitrogen and oxygen atoms in total. The fraction of sp³-hybridized carbons (Fsp3) is 0.323. The molecule has 39 heavy (non-hydrogen) atoms. The van der Waals surface area contributed by atoms with Crippen LogP contribution < -0.4 is 25.0 Å². The molecule has 0 bridgehead atoms. The topological polar surface area (TPSA) is 92.3 Å². The number of likely N-dealkylation sites (N-methyl/N-ethyl adjacent to an activating group) is 1. The molecule has 8 heteroatoms. The van der Waals surface area contributed by atoms with Crippen LogP contribution in [0.2, 0.25) is 0 Å². The number of benzene rings is 3. The molecule has 1 aliphatic rings. The normalized spacial score (nSPS) is 15.4. The van der Waals surface area contributed by atoms with E-state index in [1.807, 2.05) is 94.5 Å². The Balaban J connectivity index is 1.77. The van der Waals surface area contributed by atoms with E-state index < -0.39 is 5.92 Å². The van der Waals surface area contributed by atoms with Gasteiger partial charge in [-0.1, -0.05) is 30.3 Å². The van der Waals surface area contributed by atoms with Crippen molar-refractivity contribution in [3.8, 4) is 11.5 Å². The van der Waals surface area contributed by atoms with Crippen LogP contribution in [0.3, 0.4) is 0 Å². The number of nitrogens with zero attached hydrogens (tertiary/aromatic N) is 2. The quantitative estimate of drug-likeness (QED) is 0.330. The molecule has 0 saturated carbocycles. The zero-order valence-electron chi connectivity index (χ0n) is 23.2. The molecule has 2 N–H and O–H groups in total. The van der Waals surface area contributed by atoms with Crippen molar-refractivity contribution in [2.45, 2.75) is 39.7 Å². The molecule has 3 aromatic rings. The largest absolute Gasteiger partial charge is 0.490 e. The highest BCUT2D eigenvalue weighted by Crippen LogP contribution is 2.43. The molecule has 4 rings (SSSR count). The van der Waals surface area contributed by atoms with Crippen molar-refractivity contribution in [2.24, 2.45) is 4.99 Å². The second-order valence-electron chi connectivity index (χ2n) is 9.37. The Bertz CT molecular complexity index is 1340. The Hall–Kier alpha value is -4.17. The summed E-state index contributed by atoms with van der Waals surface area (Å²) in [5.41, 5.74) is 4.41. The van der Waals surface area contributed by atoms with Crippen molar-refractivity contribution in [3.63, 3.8) is 0 Å². The van der Waals surface area contributed by atoms with Crippen LogP contribution >= 0.6 is 0 Å². The first-order chi connectivity index (χ1) is 18.9. The lowest BCUT2D eigenvalue weighted by Gasteiger charge is -2.24. The van der Waals surface area contributed by atoms with E-state index in [1.165, 1.54) is 0 Å². The highest BCUT2D eigenvalue weighted by atomic mass is 16.5. The summed E-state index contributed by atoms with van der Waals surface area (Å²) in [4.78, 5) is 32.4. The van der Waals surface area contributed by atoms with Crippen LogP contribution in [0.4, 0.5) is 17.1 Å². The number of hydrogen-bond acceptors (Lipinski definition) is 6. The number of rotatable bonds is 11. The summed E-state index contributed by atoms with van der Waals surface area (Å²) < 4.78 is 11.6. The Morgan fingerprint density at radius 3 is 2.26 bits per heavy atom. The first kappa shape index (κ1) is 27.9. The number of carbonyl (C=O) groups is 2. The maximum absolute atomic E-state index is 13.4. The summed E-state index contributed by atoms with van der Waals surface area (Å²) in [6.45, 7) is 8.92. The summed E-state index contributed by atoms with van der Waals surface area (Å²) in [7, 11) is 1.87. The second kappa shape index (κ2) is 12.6. The lowest BCUT2D eigenvalue weighted by Crippen LogP contribution is -2.40. The van der Waals surface area contributed by atoms with E-state index in [2.05, 4.69) is 10.6 Å². The van der Waals surface area contributed by atoms with Gasteiger partial charge in [0.2, 0.25) is 11.8 Å². The van der Waals surface area contributed by atoms with E-state index >= 15 is 0 Å². The zero-order valence-corrected chi connectivity index (χ0v) is 23.2. The molecule has 2 amide bonds. The molecule has 0 aliphatic carbocycles. The smallest absolute Gasteiger partial charge is 0.238 e. The maximum atomic E-state index is 13.4. The average molecular weight is 529 g/mol. The number of ether oxygens (including phenoxy) is 2. The van der Waals surface area contributed by atoms with Gasteiger partial charge in [0.25, 0.3) is 0 Å². The Labute approximate surface area is 230 Å². The van der Waals surface area contributed by atoms with Gasteiger partial charge < -0.3 is 25.0 Å². The van der Waals surface area contributed by atoms with E-state index in [0.717, 1.165) is 16.8 Å². The Morgan fingerprint density at radius 2 is 1.67 bits per heavy atom. The van der Waals surface area contributed by atoms with Gasteiger partial charge in [-0.15, -0.1) is 0 Å². The molecule has 1 heterocycles. The van der Waals surface area contributed by atoms with Crippen molar-refractivity contribution < 1.29 is 19.1 Å².